The Balaban J connectivity index is 2.15. The molecule has 3 aromatic carbocycles. The molecule has 3 nitrogen and oxygen atoms in total. The number of nitrogens with zero attached hydrogens (tertiary/aromatic N) is 1. The Kier molecular flexibility index (Phi) is 5.29. The van der Waals surface area contributed by atoms with Gasteiger partial charge in [-0.3, -0.25) is 0 Å². The molecule has 0 heterocycles. The van der Waals surface area contributed by atoms with Gasteiger partial charge in [-0.15, -0.1) is 0 Å². The number of benzene rings is 3. The van der Waals surface area contributed by atoms with Crippen LogP contribution in [0, 0.1) is 6.92 Å². The van der Waals surface area contributed by atoms with Crippen molar-refractivity contribution in [3.8, 4) is 0 Å². The minimum Gasteiger partial charge on any atom is -0.199 e. The highest BCUT2D eigenvalue weighted by Crippen LogP contribution is 2.34. The zero-order valence-electron chi connectivity index (χ0n) is 15.8. The van der Waals surface area contributed by atoms with Crippen LogP contribution in [0.1, 0.15) is 30.5 Å². The van der Waals surface area contributed by atoms with Crippen LogP contribution in [-0.2, 0) is 15.4 Å². The summed E-state index contributed by atoms with van der Waals surface area (Å²) in [6, 6.07) is 26.5. The molecular weight excluding hydrogens is 354 g/mol. The van der Waals surface area contributed by atoms with E-state index in [1.807, 2.05) is 74.5 Å². The fourth-order valence-corrected chi connectivity index (χ4v) is 4.29. The predicted molar refractivity (Wildman–Crippen MR) is 111 cm³/mol. The van der Waals surface area contributed by atoms with Crippen LogP contribution in [0.5, 0.6) is 0 Å². The smallest absolute Gasteiger partial charge is 0.199 e. The summed E-state index contributed by atoms with van der Waals surface area (Å²) in [7, 11) is -3.79. The highest BCUT2D eigenvalue weighted by Gasteiger charge is 2.33. The molecule has 0 spiro atoms. The Morgan fingerprint density at radius 1 is 0.778 bits per heavy atom. The van der Waals surface area contributed by atoms with E-state index in [2.05, 4.69) is 4.40 Å². The summed E-state index contributed by atoms with van der Waals surface area (Å²) in [6.07, 6.45) is 0. The molecular formula is C23H23NO2S. The van der Waals surface area contributed by atoms with Gasteiger partial charge in [-0.05, 0) is 44.0 Å². The Morgan fingerprint density at radius 2 is 1.22 bits per heavy atom. The maximum atomic E-state index is 12.9. The lowest BCUT2D eigenvalue weighted by molar-refractivity contribution is 0.597. The summed E-state index contributed by atoms with van der Waals surface area (Å²) in [5, 5.41) is 0. The van der Waals surface area contributed by atoms with Gasteiger partial charge in [-0.2, -0.15) is 12.8 Å². The van der Waals surface area contributed by atoms with Crippen molar-refractivity contribution in [2.45, 2.75) is 31.1 Å². The van der Waals surface area contributed by atoms with Crippen LogP contribution in [0.3, 0.4) is 0 Å². The molecule has 0 bridgehead atoms. The van der Waals surface area contributed by atoms with E-state index in [1.54, 1.807) is 31.2 Å². The molecule has 0 fully saturated rings. The highest BCUT2D eigenvalue weighted by atomic mass is 32.2. The zero-order chi connectivity index (χ0) is 19.5. The van der Waals surface area contributed by atoms with E-state index in [0.717, 1.165) is 16.7 Å². The summed E-state index contributed by atoms with van der Waals surface area (Å²) in [5.41, 5.74) is 2.88. The molecule has 0 aromatic heterocycles. The van der Waals surface area contributed by atoms with E-state index in [1.165, 1.54) is 0 Å². The number of hydrogen-bond acceptors (Lipinski definition) is 2. The second-order valence-corrected chi connectivity index (χ2v) is 8.43. The van der Waals surface area contributed by atoms with Gasteiger partial charge in [-0.25, -0.2) is 0 Å². The van der Waals surface area contributed by atoms with Gasteiger partial charge in [-0.1, -0.05) is 78.4 Å². The molecule has 0 unspecified atom stereocenters. The molecule has 0 amide bonds. The molecule has 0 atom stereocenters. The molecule has 3 aromatic rings. The van der Waals surface area contributed by atoms with Crippen molar-refractivity contribution in [3.05, 3.63) is 102 Å². The molecule has 0 aliphatic rings. The largest absolute Gasteiger partial charge is 0.282 e. The minimum absolute atomic E-state index is 0.205. The lowest BCUT2D eigenvalue weighted by Gasteiger charge is -2.31. The second kappa shape index (κ2) is 7.49. The first-order valence-corrected chi connectivity index (χ1v) is 10.3. The van der Waals surface area contributed by atoms with Gasteiger partial charge in [0.05, 0.1) is 10.3 Å². The number of rotatable bonds is 5. The molecule has 0 N–H and O–H groups in total. The average molecular weight is 378 g/mol. The third kappa shape index (κ3) is 3.86. The van der Waals surface area contributed by atoms with E-state index >= 15 is 0 Å². The first-order valence-electron chi connectivity index (χ1n) is 8.84. The average Bonchev–Trinajstić information content (AvgIpc) is 2.68. The van der Waals surface area contributed by atoms with Crippen LogP contribution in [0.4, 0.5) is 0 Å². The minimum atomic E-state index is -3.79. The second-order valence-electron chi connectivity index (χ2n) is 6.82. The summed E-state index contributed by atoms with van der Waals surface area (Å²) in [5.74, 6) is 0. The van der Waals surface area contributed by atoms with E-state index in [9.17, 15) is 8.42 Å². The molecule has 3 rings (SSSR count). The van der Waals surface area contributed by atoms with E-state index < -0.39 is 15.4 Å². The van der Waals surface area contributed by atoms with Gasteiger partial charge in [0.1, 0.15) is 0 Å². The number of aryl methyl sites for hydroxylation is 1. The monoisotopic (exact) mass is 377 g/mol. The summed E-state index contributed by atoms with van der Waals surface area (Å²) in [6.45, 7) is 5.72. The Labute approximate surface area is 161 Å². The molecule has 27 heavy (non-hydrogen) atoms. The fourth-order valence-electron chi connectivity index (χ4n) is 3.16. The topological polar surface area (TPSA) is 46.5 Å². The molecule has 0 saturated carbocycles. The van der Waals surface area contributed by atoms with Crippen LogP contribution < -0.4 is 0 Å². The van der Waals surface area contributed by atoms with Crippen LogP contribution in [0.15, 0.2) is 94.2 Å². The van der Waals surface area contributed by atoms with Gasteiger partial charge in [0.25, 0.3) is 10.0 Å². The Morgan fingerprint density at radius 3 is 1.67 bits per heavy atom. The summed E-state index contributed by atoms with van der Waals surface area (Å²) >= 11 is 0. The number of hydrogen-bond donors (Lipinski definition) is 0. The normalized spacial score (nSPS) is 12.8. The van der Waals surface area contributed by atoms with E-state index in [4.69, 9.17) is 0 Å². The standard InChI is InChI=1S/C23H23NO2S/c1-18-14-16-22(17-15-18)27(25,26)24-19(2)23(3,20-10-6-4-7-11-20)21-12-8-5-9-13-21/h4-17H,1-3H3/b24-19-. The van der Waals surface area contributed by atoms with Crippen LogP contribution >= 0.6 is 0 Å². The van der Waals surface area contributed by atoms with E-state index in [-0.39, 0.29) is 4.90 Å². The molecule has 0 aliphatic heterocycles. The quantitative estimate of drug-likeness (QED) is 0.577. The Hall–Kier alpha value is -2.72. The first kappa shape index (κ1) is 19.1. The first-order chi connectivity index (χ1) is 12.8. The van der Waals surface area contributed by atoms with Crippen molar-refractivity contribution in [1.29, 1.82) is 0 Å². The van der Waals surface area contributed by atoms with E-state index in [0.29, 0.717) is 5.71 Å². The van der Waals surface area contributed by atoms with Gasteiger partial charge in [0.15, 0.2) is 0 Å². The summed E-state index contributed by atoms with van der Waals surface area (Å²) in [4.78, 5) is 0.205. The van der Waals surface area contributed by atoms with Gasteiger partial charge < -0.3 is 0 Å². The predicted octanol–water partition coefficient (Wildman–Crippen LogP) is 5.15. The lowest BCUT2D eigenvalue weighted by atomic mass is 9.73. The molecule has 0 aliphatic carbocycles. The third-order valence-electron chi connectivity index (χ3n) is 5.00. The van der Waals surface area contributed by atoms with Crippen molar-refractivity contribution < 1.29 is 8.42 Å². The Bertz CT molecular complexity index is 999. The van der Waals surface area contributed by atoms with Crippen LogP contribution in [-0.4, -0.2) is 14.1 Å². The van der Waals surface area contributed by atoms with Gasteiger partial charge >= 0.3 is 0 Å². The highest BCUT2D eigenvalue weighted by molar-refractivity contribution is 7.90. The van der Waals surface area contributed by atoms with Crippen LogP contribution in [0.25, 0.3) is 0 Å². The van der Waals surface area contributed by atoms with Gasteiger partial charge in [0.2, 0.25) is 0 Å². The maximum absolute atomic E-state index is 12.9. The molecule has 4 heteroatoms. The van der Waals surface area contributed by atoms with Crippen molar-refractivity contribution >= 4 is 15.7 Å². The lowest BCUT2D eigenvalue weighted by Crippen LogP contribution is -2.32. The SMILES string of the molecule is C/C(=N/S(=O)(=O)c1ccc(C)cc1)C(C)(c1ccccc1)c1ccccc1. The van der Waals surface area contributed by atoms with Crippen molar-refractivity contribution in [1.82, 2.24) is 0 Å². The molecule has 0 saturated heterocycles. The maximum Gasteiger partial charge on any atom is 0.282 e. The molecule has 0 radical (unpaired) electrons. The van der Waals surface area contributed by atoms with Crippen LogP contribution in [0.2, 0.25) is 0 Å². The number of sulfonamides is 1. The van der Waals surface area contributed by atoms with Crippen molar-refractivity contribution in [2.24, 2.45) is 4.40 Å². The third-order valence-corrected chi connectivity index (χ3v) is 6.38. The summed E-state index contributed by atoms with van der Waals surface area (Å²) < 4.78 is 30.0. The fraction of sp³-hybridized carbons (Fsp3) is 0.174. The molecule has 138 valence electrons. The van der Waals surface area contributed by atoms with Crippen molar-refractivity contribution in [2.75, 3.05) is 0 Å². The van der Waals surface area contributed by atoms with Gasteiger partial charge in [0, 0.05) is 5.71 Å². The van der Waals surface area contributed by atoms with Crippen molar-refractivity contribution in [3.63, 3.8) is 0 Å². The zero-order valence-corrected chi connectivity index (χ0v) is 16.6.